The van der Waals surface area contributed by atoms with E-state index in [1.807, 2.05) is 19.9 Å². The van der Waals surface area contributed by atoms with Crippen molar-refractivity contribution in [1.82, 2.24) is 15.2 Å². The predicted octanol–water partition coefficient (Wildman–Crippen LogP) is 2.17. The molecule has 1 aliphatic rings. The van der Waals surface area contributed by atoms with Crippen molar-refractivity contribution < 1.29 is 14.0 Å². The molecule has 0 radical (unpaired) electrons. The lowest BCUT2D eigenvalue weighted by molar-refractivity contribution is 0.0714. The van der Waals surface area contributed by atoms with Gasteiger partial charge in [0.1, 0.15) is 5.82 Å². The molecule has 1 atom stereocenters. The van der Waals surface area contributed by atoms with Crippen LogP contribution in [0.3, 0.4) is 0 Å². The third-order valence-corrected chi connectivity index (χ3v) is 4.62. The topological polar surface area (TPSA) is 78.7 Å². The second-order valence-electron chi connectivity index (χ2n) is 6.44. The molecule has 2 amide bonds. The Morgan fingerprint density at radius 2 is 2.00 bits per heavy atom. The van der Waals surface area contributed by atoms with Gasteiger partial charge < -0.3 is 19.5 Å². The largest absolute Gasteiger partial charge is 0.459 e. The monoisotopic (exact) mass is 356 g/mol. The first kappa shape index (κ1) is 18.0. The van der Waals surface area contributed by atoms with Crippen molar-refractivity contribution in [3.8, 4) is 0 Å². The van der Waals surface area contributed by atoms with Gasteiger partial charge in [0.2, 0.25) is 0 Å². The van der Waals surface area contributed by atoms with Gasteiger partial charge in [-0.15, -0.1) is 0 Å². The molecule has 0 saturated carbocycles. The molecule has 3 heterocycles. The molecule has 1 unspecified atom stereocenters. The predicted molar refractivity (Wildman–Crippen MR) is 98.3 cm³/mol. The Kier molecular flexibility index (Phi) is 5.55. The summed E-state index contributed by atoms with van der Waals surface area (Å²) >= 11 is 0. The Hall–Kier alpha value is -2.83. The first-order chi connectivity index (χ1) is 12.6. The number of aromatic nitrogens is 1. The van der Waals surface area contributed by atoms with Crippen LogP contribution in [-0.4, -0.2) is 53.9 Å². The van der Waals surface area contributed by atoms with Crippen LogP contribution >= 0.6 is 0 Å². The van der Waals surface area contributed by atoms with Gasteiger partial charge in [-0.25, -0.2) is 4.98 Å². The lowest BCUT2D eigenvalue weighted by atomic mass is 10.2. The summed E-state index contributed by atoms with van der Waals surface area (Å²) in [7, 11) is 0. The number of pyridine rings is 1. The average molecular weight is 356 g/mol. The number of amides is 2. The Morgan fingerprint density at radius 3 is 2.58 bits per heavy atom. The minimum absolute atomic E-state index is 0.0836. The van der Waals surface area contributed by atoms with Gasteiger partial charge in [-0.3, -0.25) is 9.59 Å². The van der Waals surface area contributed by atoms with E-state index in [0.29, 0.717) is 37.5 Å². The molecule has 0 aliphatic carbocycles. The smallest absolute Gasteiger partial charge is 0.289 e. The molecule has 1 aliphatic heterocycles. The number of rotatable bonds is 5. The molecule has 0 bridgehead atoms. The first-order valence-corrected chi connectivity index (χ1v) is 8.93. The van der Waals surface area contributed by atoms with Crippen molar-refractivity contribution in [2.75, 3.05) is 31.1 Å². The number of carbonyl (C=O) groups excluding carboxylic acids is 2. The Balaban J connectivity index is 1.56. The Morgan fingerprint density at radius 1 is 1.23 bits per heavy atom. The maximum absolute atomic E-state index is 12.3. The van der Waals surface area contributed by atoms with Crippen molar-refractivity contribution in [2.24, 2.45) is 0 Å². The van der Waals surface area contributed by atoms with Gasteiger partial charge in [-0.2, -0.15) is 0 Å². The van der Waals surface area contributed by atoms with Crippen LogP contribution in [0.2, 0.25) is 0 Å². The van der Waals surface area contributed by atoms with Crippen molar-refractivity contribution >= 4 is 17.6 Å². The highest BCUT2D eigenvalue weighted by atomic mass is 16.3. The molecule has 2 aromatic rings. The number of furan rings is 1. The van der Waals surface area contributed by atoms with Crippen LogP contribution in [0.5, 0.6) is 0 Å². The zero-order valence-corrected chi connectivity index (χ0v) is 15.1. The van der Waals surface area contributed by atoms with Gasteiger partial charge in [0.05, 0.1) is 11.8 Å². The summed E-state index contributed by atoms with van der Waals surface area (Å²) in [6.07, 6.45) is 4.00. The van der Waals surface area contributed by atoms with Crippen LogP contribution in [0.25, 0.3) is 0 Å². The summed E-state index contributed by atoms with van der Waals surface area (Å²) in [6, 6.07) is 7.18. The normalized spacial score (nSPS) is 15.6. The van der Waals surface area contributed by atoms with Gasteiger partial charge in [0, 0.05) is 38.4 Å². The van der Waals surface area contributed by atoms with Gasteiger partial charge in [-0.1, -0.05) is 6.92 Å². The molecular formula is C19H24N4O3. The summed E-state index contributed by atoms with van der Waals surface area (Å²) < 4.78 is 5.18. The second-order valence-corrected chi connectivity index (χ2v) is 6.44. The lowest BCUT2D eigenvalue weighted by Crippen LogP contribution is -2.49. The van der Waals surface area contributed by atoms with Crippen LogP contribution in [0.1, 0.15) is 41.2 Å². The number of anilines is 1. The SMILES string of the molecule is CCC(C)NC(=O)c1ccc(N2CCN(C(=O)c3ccco3)CC2)nc1. The molecule has 0 aromatic carbocycles. The van der Waals surface area contributed by atoms with Crippen LogP contribution in [0.4, 0.5) is 5.82 Å². The van der Waals surface area contributed by atoms with E-state index < -0.39 is 0 Å². The minimum Gasteiger partial charge on any atom is -0.459 e. The number of hydrogen-bond donors (Lipinski definition) is 1. The van der Waals surface area contributed by atoms with E-state index in [2.05, 4.69) is 15.2 Å². The number of nitrogens with one attached hydrogen (secondary N) is 1. The molecular weight excluding hydrogens is 332 g/mol. The third kappa shape index (κ3) is 4.04. The van der Waals surface area contributed by atoms with E-state index >= 15 is 0 Å². The van der Waals surface area contributed by atoms with E-state index in [1.54, 1.807) is 29.3 Å². The van der Waals surface area contributed by atoms with Gasteiger partial charge in [0.15, 0.2) is 5.76 Å². The molecule has 0 spiro atoms. The number of carbonyl (C=O) groups is 2. The maximum atomic E-state index is 12.3. The van der Waals surface area contributed by atoms with Gasteiger partial charge >= 0.3 is 0 Å². The van der Waals surface area contributed by atoms with Gasteiger partial charge in [0.25, 0.3) is 11.8 Å². The molecule has 7 nitrogen and oxygen atoms in total. The first-order valence-electron chi connectivity index (χ1n) is 8.93. The molecule has 7 heteroatoms. The third-order valence-electron chi connectivity index (χ3n) is 4.62. The quantitative estimate of drug-likeness (QED) is 0.888. The molecule has 26 heavy (non-hydrogen) atoms. The summed E-state index contributed by atoms with van der Waals surface area (Å²) in [5.74, 6) is 0.996. The highest BCUT2D eigenvalue weighted by Crippen LogP contribution is 2.16. The Bertz CT molecular complexity index is 735. The van der Waals surface area contributed by atoms with E-state index in [9.17, 15) is 9.59 Å². The summed E-state index contributed by atoms with van der Waals surface area (Å²) in [6.45, 7) is 6.61. The summed E-state index contributed by atoms with van der Waals surface area (Å²) in [4.78, 5) is 32.7. The second kappa shape index (κ2) is 8.03. The van der Waals surface area contributed by atoms with E-state index in [1.165, 1.54) is 6.26 Å². The molecule has 1 saturated heterocycles. The summed E-state index contributed by atoms with van der Waals surface area (Å²) in [5, 5.41) is 2.93. The molecule has 138 valence electrons. The van der Waals surface area contributed by atoms with E-state index in [-0.39, 0.29) is 17.9 Å². The Labute approximate surface area is 153 Å². The molecule has 1 fully saturated rings. The highest BCUT2D eigenvalue weighted by Gasteiger charge is 2.24. The number of hydrogen-bond acceptors (Lipinski definition) is 5. The average Bonchev–Trinajstić information content (AvgIpc) is 3.22. The zero-order valence-electron chi connectivity index (χ0n) is 15.1. The number of piperazine rings is 1. The highest BCUT2D eigenvalue weighted by molar-refractivity contribution is 5.94. The van der Waals surface area contributed by atoms with Crippen LogP contribution < -0.4 is 10.2 Å². The zero-order chi connectivity index (χ0) is 18.5. The van der Waals surface area contributed by atoms with E-state index in [4.69, 9.17) is 4.42 Å². The molecule has 3 rings (SSSR count). The van der Waals surface area contributed by atoms with Crippen LogP contribution in [-0.2, 0) is 0 Å². The van der Waals surface area contributed by atoms with Crippen molar-refractivity contribution in [3.63, 3.8) is 0 Å². The van der Waals surface area contributed by atoms with Crippen LogP contribution in [0, 0.1) is 0 Å². The molecule has 1 N–H and O–H groups in total. The number of nitrogens with zero attached hydrogens (tertiary/aromatic N) is 3. The summed E-state index contributed by atoms with van der Waals surface area (Å²) in [5.41, 5.74) is 0.556. The maximum Gasteiger partial charge on any atom is 0.289 e. The van der Waals surface area contributed by atoms with E-state index in [0.717, 1.165) is 12.2 Å². The standard InChI is InChI=1S/C19H24N4O3/c1-3-14(2)21-18(24)15-6-7-17(20-13-15)22-8-10-23(11-9-22)19(25)16-5-4-12-26-16/h4-7,12-14H,3,8-11H2,1-2H3,(H,21,24). The van der Waals surface area contributed by atoms with Crippen molar-refractivity contribution in [1.29, 1.82) is 0 Å². The van der Waals surface area contributed by atoms with Crippen LogP contribution in [0.15, 0.2) is 41.1 Å². The van der Waals surface area contributed by atoms with Crippen molar-refractivity contribution in [3.05, 3.63) is 48.0 Å². The fraction of sp³-hybridized carbons (Fsp3) is 0.421. The lowest BCUT2D eigenvalue weighted by Gasteiger charge is -2.35. The van der Waals surface area contributed by atoms with Crippen molar-refractivity contribution in [2.45, 2.75) is 26.3 Å². The fourth-order valence-electron chi connectivity index (χ4n) is 2.81. The van der Waals surface area contributed by atoms with Gasteiger partial charge in [-0.05, 0) is 37.6 Å². The molecule has 2 aromatic heterocycles. The fourth-order valence-corrected chi connectivity index (χ4v) is 2.81. The minimum atomic E-state index is -0.104.